The van der Waals surface area contributed by atoms with Crippen LogP contribution < -0.4 is 15.0 Å². The summed E-state index contributed by atoms with van der Waals surface area (Å²) in [6, 6.07) is 8.02. The highest BCUT2D eigenvalue weighted by molar-refractivity contribution is 6.33. The predicted octanol–water partition coefficient (Wildman–Crippen LogP) is 3.89. The highest BCUT2D eigenvalue weighted by atomic mass is 35.5. The van der Waals surface area contributed by atoms with E-state index in [1.54, 1.807) is 14.1 Å². The Kier molecular flexibility index (Phi) is 7.29. The Morgan fingerprint density at radius 1 is 1.31 bits per heavy atom. The second-order valence-electron chi connectivity index (χ2n) is 6.21. The van der Waals surface area contributed by atoms with Crippen molar-refractivity contribution < 1.29 is 22.7 Å². The van der Waals surface area contributed by atoms with Crippen LogP contribution in [0.5, 0.6) is 5.88 Å². The summed E-state index contributed by atoms with van der Waals surface area (Å²) in [5, 5.41) is 11.7. The lowest BCUT2D eigenvalue weighted by Gasteiger charge is -2.16. The summed E-state index contributed by atoms with van der Waals surface area (Å²) in [5.74, 6) is -0.492. The van der Waals surface area contributed by atoms with Crippen molar-refractivity contribution in [3.05, 3.63) is 52.0 Å². The van der Waals surface area contributed by atoms with Gasteiger partial charge in [0, 0.05) is 26.7 Å². The van der Waals surface area contributed by atoms with Gasteiger partial charge in [0.15, 0.2) is 0 Å². The van der Waals surface area contributed by atoms with Gasteiger partial charge in [-0.05, 0) is 30.7 Å². The molecule has 0 atom stereocenters. The largest absolute Gasteiger partial charge is 0.478 e. The number of hydrogen-bond donors (Lipinski definition) is 1. The molecule has 1 N–H and O–H groups in total. The summed E-state index contributed by atoms with van der Waals surface area (Å²) in [5.41, 5.74) is -0.386. The third kappa shape index (κ3) is 6.26. The second-order valence-corrected chi connectivity index (χ2v) is 6.62. The standard InChI is InChI=1S/C19H18ClF3N4O2/c1-27(2)16-9-13(19(21,22)23)10-17(26-16)29-7-3-6-25-18(28)14-8-12(11-24)4-5-15(14)20/h4-5,8-10H,3,6-7H2,1-2H3,(H,25,28). The summed E-state index contributed by atoms with van der Waals surface area (Å²) >= 11 is 5.96. The van der Waals surface area contributed by atoms with Gasteiger partial charge in [-0.2, -0.15) is 23.4 Å². The van der Waals surface area contributed by atoms with E-state index in [2.05, 4.69) is 10.3 Å². The van der Waals surface area contributed by atoms with E-state index in [-0.39, 0.29) is 35.4 Å². The summed E-state index contributed by atoms with van der Waals surface area (Å²) in [7, 11) is 3.16. The van der Waals surface area contributed by atoms with E-state index < -0.39 is 17.6 Å². The number of anilines is 1. The molecule has 1 heterocycles. The fourth-order valence-electron chi connectivity index (χ4n) is 2.27. The number of carbonyl (C=O) groups is 1. The van der Waals surface area contributed by atoms with Crippen LogP contribution in [0.3, 0.4) is 0 Å². The van der Waals surface area contributed by atoms with Gasteiger partial charge in [-0.1, -0.05) is 11.6 Å². The van der Waals surface area contributed by atoms with Gasteiger partial charge >= 0.3 is 6.18 Å². The Balaban J connectivity index is 1.92. The van der Waals surface area contributed by atoms with Crippen LogP contribution in [0, 0.1) is 11.3 Å². The number of nitrogens with zero attached hydrogens (tertiary/aromatic N) is 3. The first-order chi connectivity index (χ1) is 13.6. The molecule has 0 bridgehead atoms. The van der Waals surface area contributed by atoms with Gasteiger partial charge < -0.3 is 15.0 Å². The van der Waals surface area contributed by atoms with Crippen molar-refractivity contribution >= 4 is 23.3 Å². The number of ether oxygens (including phenoxy) is 1. The Morgan fingerprint density at radius 3 is 2.66 bits per heavy atom. The third-order valence-corrected chi connectivity index (χ3v) is 4.10. The quantitative estimate of drug-likeness (QED) is 0.679. The molecule has 0 aliphatic carbocycles. The fourth-order valence-corrected chi connectivity index (χ4v) is 2.48. The van der Waals surface area contributed by atoms with Crippen molar-refractivity contribution in [3.63, 3.8) is 0 Å². The van der Waals surface area contributed by atoms with Crippen LogP contribution in [0.1, 0.15) is 27.9 Å². The van der Waals surface area contributed by atoms with Crippen molar-refractivity contribution in [2.75, 3.05) is 32.1 Å². The number of benzene rings is 1. The molecule has 0 radical (unpaired) electrons. The number of amides is 1. The van der Waals surface area contributed by atoms with E-state index in [1.165, 1.54) is 23.1 Å². The van der Waals surface area contributed by atoms with Crippen molar-refractivity contribution in [1.82, 2.24) is 10.3 Å². The average Bonchev–Trinajstić information content (AvgIpc) is 2.67. The fraction of sp³-hybridized carbons (Fsp3) is 0.316. The number of alkyl halides is 3. The highest BCUT2D eigenvalue weighted by Gasteiger charge is 2.32. The minimum Gasteiger partial charge on any atom is -0.478 e. The smallest absolute Gasteiger partial charge is 0.416 e. The van der Waals surface area contributed by atoms with Crippen LogP contribution in [-0.2, 0) is 6.18 Å². The second kappa shape index (κ2) is 9.47. The summed E-state index contributed by atoms with van der Waals surface area (Å²) in [4.78, 5) is 17.6. The van der Waals surface area contributed by atoms with E-state index in [4.69, 9.17) is 21.6 Å². The molecule has 2 rings (SSSR count). The summed E-state index contributed by atoms with van der Waals surface area (Å²) in [6.07, 6.45) is -4.19. The molecule has 0 fully saturated rings. The third-order valence-electron chi connectivity index (χ3n) is 3.77. The Hall–Kier alpha value is -2.99. The number of hydrogen-bond acceptors (Lipinski definition) is 5. The van der Waals surface area contributed by atoms with Gasteiger partial charge in [-0.15, -0.1) is 0 Å². The monoisotopic (exact) mass is 426 g/mol. The SMILES string of the molecule is CN(C)c1cc(C(F)(F)F)cc(OCCCNC(=O)c2cc(C#N)ccc2Cl)n1. The number of aromatic nitrogens is 1. The van der Waals surface area contributed by atoms with Gasteiger partial charge in [-0.25, -0.2) is 0 Å². The van der Waals surface area contributed by atoms with Crippen molar-refractivity contribution in [2.45, 2.75) is 12.6 Å². The topological polar surface area (TPSA) is 78.2 Å². The Bertz CT molecular complexity index is 927. The maximum Gasteiger partial charge on any atom is 0.416 e. The zero-order valence-corrected chi connectivity index (χ0v) is 16.4. The number of nitriles is 1. The van der Waals surface area contributed by atoms with Gasteiger partial charge in [0.2, 0.25) is 5.88 Å². The Labute approximate surface area is 170 Å². The summed E-state index contributed by atoms with van der Waals surface area (Å²) in [6.45, 7) is 0.249. The maximum atomic E-state index is 13.0. The van der Waals surface area contributed by atoms with Crippen molar-refractivity contribution in [2.24, 2.45) is 0 Å². The summed E-state index contributed by atoms with van der Waals surface area (Å²) < 4.78 is 44.4. The molecule has 0 aliphatic rings. The lowest BCUT2D eigenvalue weighted by molar-refractivity contribution is -0.137. The highest BCUT2D eigenvalue weighted by Crippen LogP contribution is 2.33. The molecule has 154 valence electrons. The first kappa shape index (κ1) is 22.3. The molecule has 10 heteroatoms. The van der Waals surface area contributed by atoms with Crippen LogP contribution in [0.2, 0.25) is 5.02 Å². The molecular weight excluding hydrogens is 409 g/mol. The maximum absolute atomic E-state index is 13.0. The van der Waals surface area contributed by atoms with Crippen LogP contribution in [-0.4, -0.2) is 38.1 Å². The molecule has 0 spiro atoms. The minimum absolute atomic E-state index is 0.0490. The van der Waals surface area contributed by atoms with E-state index in [0.29, 0.717) is 12.0 Å². The zero-order valence-electron chi connectivity index (χ0n) is 15.7. The molecule has 0 saturated heterocycles. The molecule has 2 aromatic rings. The molecule has 0 aliphatic heterocycles. The Morgan fingerprint density at radius 2 is 2.03 bits per heavy atom. The first-order valence-electron chi connectivity index (χ1n) is 8.49. The van der Waals surface area contributed by atoms with Crippen LogP contribution in [0.4, 0.5) is 19.0 Å². The molecule has 1 aromatic carbocycles. The van der Waals surface area contributed by atoms with Crippen LogP contribution in [0.25, 0.3) is 0 Å². The number of pyridine rings is 1. The average molecular weight is 427 g/mol. The number of halogens is 4. The van der Waals surface area contributed by atoms with E-state index in [9.17, 15) is 18.0 Å². The minimum atomic E-state index is -4.52. The van der Waals surface area contributed by atoms with Gasteiger partial charge in [0.25, 0.3) is 5.91 Å². The predicted molar refractivity (Wildman–Crippen MR) is 102 cm³/mol. The van der Waals surface area contributed by atoms with E-state index in [1.807, 2.05) is 6.07 Å². The van der Waals surface area contributed by atoms with Gasteiger partial charge in [-0.3, -0.25) is 4.79 Å². The molecule has 0 saturated carbocycles. The van der Waals surface area contributed by atoms with E-state index in [0.717, 1.165) is 12.1 Å². The number of carbonyl (C=O) groups excluding carboxylic acids is 1. The first-order valence-corrected chi connectivity index (χ1v) is 8.87. The molecule has 1 aromatic heterocycles. The van der Waals surface area contributed by atoms with Crippen LogP contribution in [0.15, 0.2) is 30.3 Å². The lowest BCUT2D eigenvalue weighted by atomic mass is 10.1. The van der Waals surface area contributed by atoms with Crippen molar-refractivity contribution in [1.29, 1.82) is 5.26 Å². The van der Waals surface area contributed by atoms with Crippen molar-refractivity contribution in [3.8, 4) is 11.9 Å². The van der Waals surface area contributed by atoms with Gasteiger partial charge in [0.1, 0.15) is 5.82 Å². The molecule has 29 heavy (non-hydrogen) atoms. The molecular formula is C19H18ClF3N4O2. The molecule has 1 amide bonds. The normalized spacial score (nSPS) is 10.9. The number of rotatable bonds is 7. The lowest BCUT2D eigenvalue weighted by Crippen LogP contribution is -2.26. The zero-order chi connectivity index (χ0) is 21.6. The van der Waals surface area contributed by atoms with Crippen LogP contribution >= 0.6 is 11.6 Å². The molecule has 0 unspecified atom stereocenters. The van der Waals surface area contributed by atoms with Gasteiger partial charge in [0.05, 0.1) is 34.4 Å². The molecule has 6 nitrogen and oxygen atoms in total. The number of nitrogens with one attached hydrogen (secondary N) is 1. The van der Waals surface area contributed by atoms with E-state index >= 15 is 0 Å².